The number of pyridine rings is 1. The van der Waals surface area contributed by atoms with Gasteiger partial charge >= 0.3 is 6.18 Å². The summed E-state index contributed by atoms with van der Waals surface area (Å²) >= 11 is 0. The molecule has 0 amide bonds. The first-order chi connectivity index (χ1) is 7.99. The predicted molar refractivity (Wildman–Crippen MR) is 56.1 cm³/mol. The van der Waals surface area contributed by atoms with E-state index in [1.165, 1.54) is 12.3 Å². The summed E-state index contributed by atoms with van der Waals surface area (Å²) in [5.41, 5.74) is 1.65. The number of nitrogens with two attached hydrogens (primary N) is 1. The lowest BCUT2D eigenvalue weighted by molar-refractivity contribution is -0.157. The number of alkyl halides is 3. The maximum Gasteiger partial charge on any atom is 0.409 e. The molecule has 1 heterocycles. The van der Waals surface area contributed by atoms with Crippen LogP contribution in [0.5, 0.6) is 5.75 Å². The first-order valence-electron chi connectivity index (χ1n) is 5.09. The standard InChI is InChI=1S/C10H14F3N3O/c1-2-3-17-8-4-7(5-15-6-8)9(16-14)10(11,12)13/h4-6,9,16H,2-3,14H2,1H3. The van der Waals surface area contributed by atoms with Crippen molar-refractivity contribution in [3.63, 3.8) is 0 Å². The molecule has 0 aliphatic carbocycles. The largest absolute Gasteiger partial charge is 0.492 e. The molecule has 0 bridgehead atoms. The molecular formula is C10H14F3N3O. The van der Waals surface area contributed by atoms with Crippen LogP contribution in [0, 0.1) is 0 Å². The van der Waals surface area contributed by atoms with Crippen molar-refractivity contribution in [3.8, 4) is 5.75 Å². The maximum atomic E-state index is 12.6. The van der Waals surface area contributed by atoms with E-state index < -0.39 is 12.2 Å². The summed E-state index contributed by atoms with van der Waals surface area (Å²) in [6.07, 6.45) is -1.23. The van der Waals surface area contributed by atoms with Crippen LogP contribution in [0.4, 0.5) is 13.2 Å². The number of aromatic nitrogens is 1. The summed E-state index contributed by atoms with van der Waals surface area (Å²) in [7, 11) is 0. The van der Waals surface area contributed by atoms with Gasteiger partial charge in [0.15, 0.2) is 0 Å². The number of halogens is 3. The average Bonchev–Trinajstić information content (AvgIpc) is 2.26. The summed E-state index contributed by atoms with van der Waals surface area (Å²) in [4.78, 5) is 3.70. The van der Waals surface area contributed by atoms with E-state index in [2.05, 4.69) is 4.98 Å². The number of rotatable bonds is 5. The average molecular weight is 249 g/mol. The molecule has 0 radical (unpaired) electrons. The Labute approximate surface area is 96.9 Å². The molecule has 4 nitrogen and oxygen atoms in total. The highest BCUT2D eigenvalue weighted by molar-refractivity contribution is 5.26. The van der Waals surface area contributed by atoms with Gasteiger partial charge in [0.25, 0.3) is 0 Å². The van der Waals surface area contributed by atoms with E-state index in [-0.39, 0.29) is 5.56 Å². The van der Waals surface area contributed by atoms with Gasteiger partial charge in [-0.05, 0) is 12.5 Å². The summed E-state index contributed by atoms with van der Waals surface area (Å²) in [6, 6.07) is -0.666. The highest BCUT2D eigenvalue weighted by atomic mass is 19.4. The second-order valence-corrected chi connectivity index (χ2v) is 3.44. The Morgan fingerprint density at radius 2 is 2.18 bits per heavy atom. The Kier molecular flexibility index (Phi) is 4.71. The normalized spacial score (nSPS) is 13.5. The molecule has 0 aromatic carbocycles. The zero-order valence-corrected chi connectivity index (χ0v) is 9.29. The maximum absolute atomic E-state index is 12.6. The Hall–Kier alpha value is -1.34. The van der Waals surface area contributed by atoms with Gasteiger partial charge in [-0.1, -0.05) is 6.92 Å². The summed E-state index contributed by atoms with van der Waals surface area (Å²) in [5, 5.41) is 0. The molecule has 0 aliphatic heterocycles. The van der Waals surface area contributed by atoms with Gasteiger partial charge in [-0.3, -0.25) is 10.8 Å². The van der Waals surface area contributed by atoms with Crippen molar-refractivity contribution >= 4 is 0 Å². The second kappa shape index (κ2) is 5.83. The van der Waals surface area contributed by atoms with Crippen molar-refractivity contribution in [2.45, 2.75) is 25.6 Å². The van der Waals surface area contributed by atoms with Gasteiger partial charge in [-0.25, -0.2) is 5.43 Å². The van der Waals surface area contributed by atoms with Gasteiger partial charge in [-0.15, -0.1) is 0 Å². The van der Waals surface area contributed by atoms with Crippen molar-refractivity contribution in [1.29, 1.82) is 0 Å². The lowest BCUT2D eigenvalue weighted by Gasteiger charge is -2.19. The van der Waals surface area contributed by atoms with E-state index >= 15 is 0 Å². The Morgan fingerprint density at radius 1 is 1.47 bits per heavy atom. The highest BCUT2D eigenvalue weighted by Gasteiger charge is 2.40. The molecule has 1 aromatic rings. The third kappa shape index (κ3) is 3.86. The molecule has 0 aliphatic rings. The molecule has 0 spiro atoms. The minimum Gasteiger partial charge on any atom is -0.492 e. The number of hydrogen-bond acceptors (Lipinski definition) is 4. The van der Waals surface area contributed by atoms with Crippen LogP contribution in [0.3, 0.4) is 0 Å². The SMILES string of the molecule is CCCOc1cncc(C(NN)C(F)(F)F)c1. The number of nitrogens with one attached hydrogen (secondary N) is 1. The second-order valence-electron chi connectivity index (χ2n) is 3.44. The predicted octanol–water partition coefficient (Wildman–Crippen LogP) is 1.94. The number of nitrogens with zero attached hydrogens (tertiary/aromatic N) is 1. The van der Waals surface area contributed by atoms with Crippen molar-refractivity contribution in [1.82, 2.24) is 10.4 Å². The van der Waals surface area contributed by atoms with Crippen molar-refractivity contribution < 1.29 is 17.9 Å². The molecule has 1 atom stereocenters. The van der Waals surface area contributed by atoms with Crippen LogP contribution in [-0.2, 0) is 0 Å². The van der Waals surface area contributed by atoms with Gasteiger partial charge in [-0.2, -0.15) is 13.2 Å². The molecular weight excluding hydrogens is 235 g/mol. The van der Waals surface area contributed by atoms with Gasteiger partial charge in [0.1, 0.15) is 11.8 Å². The lowest BCUT2D eigenvalue weighted by Crippen LogP contribution is -2.38. The molecule has 0 saturated heterocycles. The van der Waals surface area contributed by atoms with Crippen LogP contribution in [0.25, 0.3) is 0 Å². The van der Waals surface area contributed by atoms with E-state index in [4.69, 9.17) is 10.6 Å². The van der Waals surface area contributed by atoms with Crippen LogP contribution in [0.1, 0.15) is 24.9 Å². The molecule has 96 valence electrons. The first-order valence-corrected chi connectivity index (χ1v) is 5.09. The summed E-state index contributed by atoms with van der Waals surface area (Å²) < 4.78 is 42.9. The number of hydrazine groups is 1. The highest BCUT2D eigenvalue weighted by Crippen LogP contribution is 2.32. The molecule has 1 aromatic heterocycles. The van der Waals surface area contributed by atoms with Crippen LogP contribution < -0.4 is 16.0 Å². The van der Waals surface area contributed by atoms with E-state index in [1.54, 1.807) is 5.43 Å². The minimum atomic E-state index is -4.47. The van der Waals surface area contributed by atoms with Crippen LogP contribution in [0.15, 0.2) is 18.5 Å². The Morgan fingerprint density at radius 3 is 2.71 bits per heavy atom. The molecule has 0 fully saturated rings. The molecule has 1 unspecified atom stereocenters. The number of hydrogen-bond donors (Lipinski definition) is 2. The van der Waals surface area contributed by atoms with Crippen molar-refractivity contribution in [2.24, 2.45) is 5.84 Å². The molecule has 1 rings (SSSR count). The smallest absolute Gasteiger partial charge is 0.409 e. The van der Waals surface area contributed by atoms with E-state index in [0.717, 1.165) is 12.6 Å². The molecule has 3 N–H and O–H groups in total. The van der Waals surface area contributed by atoms with Crippen LogP contribution in [0.2, 0.25) is 0 Å². The third-order valence-corrected chi connectivity index (χ3v) is 2.03. The summed E-state index contributed by atoms with van der Waals surface area (Å²) in [5.74, 6) is 5.20. The fourth-order valence-electron chi connectivity index (χ4n) is 1.27. The fourth-order valence-corrected chi connectivity index (χ4v) is 1.27. The van der Waals surface area contributed by atoms with Crippen LogP contribution in [-0.4, -0.2) is 17.8 Å². The van der Waals surface area contributed by atoms with Crippen molar-refractivity contribution in [2.75, 3.05) is 6.61 Å². The Balaban J connectivity index is 2.89. The zero-order valence-electron chi connectivity index (χ0n) is 9.29. The van der Waals surface area contributed by atoms with Crippen LogP contribution >= 0.6 is 0 Å². The topological polar surface area (TPSA) is 60.2 Å². The molecule has 0 saturated carbocycles. The fraction of sp³-hybridized carbons (Fsp3) is 0.500. The van der Waals surface area contributed by atoms with E-state index in [0.29, 0.717) is 12.4 Å². The van der Waals surface area contributed by atoms with Crippen molar-refractivity contribution in [3.05, 3.63) is 24.0 Å². The lowest BCUT2D eigenvalue weighted by atomic mass is 10.1. The van der Waals surface area contributed by atoms with Gasteiger partial charge in [0, 0.05) is 11.8 Å². The van der Waals surface area contributed by atoms with Gasteiger partial charge in [0.05, 0.1) is 12.8 Å². The first kappa shape index (κ1) is 13.7. The zero-order chi connectivity index (χ0) is 12.9. The molecule has 7 heteroatoms. The quantitative estimate of drug-likeness (QED) is 0.618. The third-order valence-electron chi connectivity index (χ3n) is 2.03. The number of ether oxygens (including phenoxy) is 1. The van der Waals surface area contributed by atoms with E-state index in [1.807, 2.05) is 6.92 Å². The summed E-state index contributed by atoms with van der Waals surface area (Å²) in [6.45, 7) is 2.33. The minimum absolute atomic E-state index is 0.0754. The van der Waals surface area contributed by atoms with Gasteiger partial charge < -0.3 is 4.74 Å². The van der Waals surface area contributed by atoms with E-state index in [9.17, 15) is 13.2 Å². The Bertz CT molecular complexity index is 357. The molecule has 17 heavy (non-hydrogen) atoms. The van der Waals surface area contributed by atoms with Gasteiger partial charge in [0.2, 0.25) is 0 Å². The monoisotopic (exact) mass is 249 g/mol.